The fourth-order valence-corrected chi connectivity index (χ4v) is 2.58. The first-order valence-corrected chi connectivity index (χ1v) is 6.25. The molecule has 90 valence electrons. The van der Waals surface area contributed by atoms with E-state index in [0.29, 0.717) is 5.92 Å². The first-order valence-electron chi connectivity index (χ1n) is 6.25. The Bertz CT molecular complexity index is 538. The predicted molar refractivity (Wildman–Crippen MR) is 68.1 cm³/mol. The van der Waals surface area contributed by atoms with E-state index >= 15 is 0 Å². The number of nitrogens with zero attached hydrogens (tertiary/aromatic N) is 3. The molecule has 2 aromatic rings. The Morgan fingerprint density at radius 1 is 1.35 bits per heavy atom. The van der Waals surface area contributed by atoms with E-state index in [1.165, 1.54) is 18.4 Å². The van der Waals surface area contributed by atoms with Crippen molar-refractivity contribution in [3.05, 3.63) is 23.7 Å². The molecule has 0 amide bonds. The maximum atomic E-state index is 4.56. The SMILES string of the molecule is Cc1nc2cc(C3CCNCC3)cnc2n1C. The standard InChI is InChI=1S/C13H18N4/c1-9-16-12-7-11(8-15-13(12)17(9)2)10-3-5-14-6-4-10/h7-8,10,14H,3-6H2,1-2H3. The Morgan fingerprint density at radius 2 is 2.12 bits per heavy atom. The molecule has 3 heterocycles. The van der Waals surface area contributed by atoms with Crippen molar-refractivity contribution in [1.82, 2.24) is 19.9 Å². The molecule has 0 radical (unpaired) electrons. The number of hydrogen-bond donors (Lipinski definition) is 1. The largest absolute Gasteiger partial charge is 0.317 e. The van der Waals surface area contributed by atoms with Gasteiger partial charge in [-0.15, -0.1) is 0 Å². The highest BCUT2D eigenvalue weighted by atomic mass is 15.1. The lowest BCUT2D eigenvalue weighted by molar-refractivity contribution is 0.460. The summed E-state index contributed by atoms with van der Waals surface area (Å²) >= 11 is 0. The molecule has 0 atom stereocenters. The van der Waals surface area contributed by atoms with Crippen molar-refractivity contribution in [1.29, 1.82) is 0 Å². The van der Waals surface area contributed by atoms with Crippen molar-refractivity contribution < 1.29 is 0 Å². The first-order chi connectivity index (χ1) is 8.25. The highest BCUT2D eigenvalue weighted by Gasteiger charge is 2.16. The molecular weight excluding hydrogens is 212 g/mol. The van der Waals surface area contributed by atoms with Crippen LogP contribution in [0.1, 0.15) is 30.1 Å². The zero-order valence-corrected chi connectivity index (χ0v) is 10.4. The Kier molecular flexibility index (Phi) is 2.59. The monoisotopic (exact) mass is 230 g/mol. The Morgan fingerprint density at radius 3 is 2.88 bits per heavy atom. The molecule has 4 heteroatoms. The minimum absolute atomic E-state index is 0.649. The van der Waals surface area contributed by atoms with Crippen LogP contribution in [0, 0.1) is 6.92 Å². The summed E-state index contributed by atoms with van der Waals surface area (Å²) in [7, 11) is 2.02. The number of imidazole rings is 1. The highest BCUT2D eigenvalue weighted by Crippen LogP contribution is 2.26. The van der Waals surface area contributed by atoms with Crippen LogP contribution < -0.4 is 5.32 Å². The second-order valence-electron chi connectivity index (χ2n) is 4.85. The number of aryl methyl sites for hydroxylation is 2. The predicted octanol–water partition coefficient (Wildman–Crippen LogP) is 1.74. The summed E-state index contributed by atoms with van der Waals surface area (Å²) in [4.78, 5) is 9.11. The quantitative estimate of drug-likeness (QED) is 0.811. The molecule has 0 bridgehead atoms. The number of aromatic nitrogens is 3. The Hall–Kier alpha value is -1.42. The van der Waals surface area contributed by atoms with Gasteiger partial charge in [0.05, 0.1) is 0 Å². The molecule has 1 N–H and O–H groups in total. The van der Waals surface area contributed by atoms with Crippen molar-refractivity contribution in [3.63, 3.8) is 0 Å². The van der Waals surface area contributed by atoms with Gasteiger partial charge >= 0.3 is 0 Å². The summed E-state index contributed by atoms with van der Waals surface area (Å²) in [6, 6.07) is 2.21. The smallest absolute Gasteiger partial charge is 0.159 e. The van der Waals surface area contributed by atoms with E-state index in [1.807, 2.05) is 24.7 Å². The summed E-state index contributed by atoms with van der Waals surface area (Å²) in [5.41, 5.74) is 3.36. The molecule has 0 saturated carbocycles. The van der Waals surface area contributed by atoms with Crippen LogP contribution in [0.15, 0.2) is 12.3 Å². The van der Waals surface area contributed by atoms with E-state index in [4.69, 9.17) is 0 Å². The van der Waals surface area contributed by atoms with Crippen LogP contribution in [0.4, 0.5) is 0 Å². The fraction of sp³-hybridized carbons (Fsp3) is 0.538. The lowest BCUT2D eigenvalue weighted by atomic mass is 9.91. The molecule has 1 aliphatic heterocycles. The van der Waals surface area contributed by atoms with E-state index in [1.54, 1.807) is 0 Å². The molecule has 0 unspecified atom stereocenters. The molecule has 1 fully saturated rings. The third-order valence-electron chi connectivity index (χ3n) is 3.76. The molecule has 0 spiro atoms. The zero-order chi connectivity index (χ0) is 11.8. The topological polar surface area (TPSA) is 42.7 Å². The zero-order valence-electron chi connectivity index (χ0n) is 10.4. The number of hydrogen-bond acceptors (Lipinski definition) is 3. The van der Waals surface area contributed by atoms with Gasteiger partial charge < -0.3 is 9.88 Å². The third-order valence-corrected chi connectivity index (χ3v) is 3.76. The van der Waals surface area contributed by atoms with Gasteiger partial charge in [0.2, 0.25) is 0 Å². The average molecular weight is 230 g/mol. The molecule has 0 aliphatic carbocycles. The third kappa shape index (κ3) is 1.82. The van der Waals surface area contributed by atoms with E-state index in [-0.39, 0.29) is 0 Å². The fourth-order valence-electron chi connectivity index (χ4n) is 2.58. The van der Waals surface area contributed by atoms with Crippen molar-refractivity contribution in [2.45, 2.75) is 25.7 Å². The van der Waals surface area contributed by atoms with Crippen LogP contribution in [0.25, 0.3) is 11.2 Å². The second kappa shape index (κ2) is 4.11. The van der Waals surface area contributed by atoms with Crippen molar-refractivity contribution >= 4 is 11.2 Å². The van der Waals surface area contributed by atoms with Gasteiger partial charge in [0.1, 0.15) is 11.3 Å². The maximum Gasteiger partial charge on any atom is 0.159 e. The minimum Gasteiger partial charge on any atom is -0.317 e. The summed E-state index contributed by atoms with van der Waals surface area (Å²) in [5.74, 6) is 1.67. The molecule has 3 rings (SSSR count). The van der Waals surface area contributed by atoms with Crippen LogP contribution in [-0.2, 0) is 7.05 Å². The summed E-state index contributed by atoms with van der Waals surface area (Å²) in [6.07, 6.45) is 4.44. The van der Waals surface area contributed by atoms with Gasteiger partial charge in [-0.1, -0.05) is 0 Å². The molecule has 2 aromatic heterocycles. The lowest BCUT2D eigenvalue weighted by Crippen LogP contribution is -2.26. The molecular formula is C13H18N4. The molecule has 1 aliphatic rings. The van der Waals surface area contributed by atoms with Crippen molar-refractivity contribution in [2.24, 2.45) is 7.05 Å². The van der Waals surface area contributed by atoms with Crippen LogP contribution in [-0.4, -0.2) is 27.6 Å². The van der Waals surface area contributed by atoms with E-state index in [9.17, 15) is 0 Å². The van der Waals surface area contributed by atoms with Gasteiger partial charge in [0, 0.05) is 13.2 Å². The maximum absolute atomic E-state index is 4.56. The van der Waals surface area contributed by atoms with Crippen LogP contribution in [0.2, 0.25) is 0 Å². The van der Waals surface area contributed by atoms with Gasteiger partial charge in [0.15, 0.2) is 5.65 Å². The Labute approximate surface area is 101 Å². The van der Waals surface area contributed by atoms with Crippen molar-refractivity contribution in [2.75, 3.05) is 13.1 Å². The highest BCUT2D eigenvalue weighted by molar-refractivity contribution is 5.72. The summed E-state index contributed by atoms with van der Waals surface area (Å²) < 4.78 is 2.04. The van der Waals surface area contributed by atoms with Crippen LogP contribution in [0.5, 0.6) is 0 Å². The van der Waals surface area contributed by atoms with Gasteiger partial charge in [-0.2, -0.15) is 0 Å². The van der Waals surface area contributed by atoms with Gasteiger partial charge in [-0.25, -0.2) is 9.97 Å². The summed E-state index contributed by atoms with van der Waals surface area (Å²) in [6.45, 7) is 4.25. The van der Waals surface area contributed by atoms with Gasteiger partial charge in [-0.3, -0.25) is 0 Å². The van der Waals surface area contributed by atoms with E-state index < -0.39 is 0 Å². The van der Waals surface area contributed by atoms with E-state index in [2.05, 4.69) is 21.4 Å². The molecule has 1 saturated heterocycles. The molecule has 0 aromatic carbocycles. The van der Waals surface area contributed by atoms with Gasteiger partial charge in [0.25, 0.3) is 0 Å². The number of nitrogens with one attached hydrogen (secondary N) is 1. The lowest BCUT2D eigenvalue weighted by Gasteiger charge is -2.22. The normalized spacial score (nSPS) is 17.8. The number of rotatable bonds is 1. The average Bonchev–Trinajstić information content (AvgIpc) is 2.66. The number of fused-ring (bicyclic) bond motifs is 1. The van der Waals surface area contributed by atoms with E-state index in [0.717, 1.165) is 30.1 Å². The minimum atomic E-state index is 0.649. The molecule has 4 nitrogen and oxygen atoms in total. The number of pyridine rings is 1. The number of piperidine rings is 1. The van der Waals surface area contributed by atoms with Crippen LogP contribution in [0.3, 0.4) is 0 Å². The second-order valence-corrected chi connectivity index (χ2v) is 4.85. The van der Waals surface area contributed by atoms with Crippen LogP contribution >= 0.6 is 0 Å². The summed E-state index contributed by atoms with van der Waals surface area (Å²) in [5, 5.41) is 3.39. The molecule has 17 heavy (non-hydrogen) atoms. The Balaban J connectivity index is 2.01. The van der Waals surface area contributed by atoms with Gasteiger partial charge in [-0.05, 0) is 50.4 Å². The van der Waals surface area contributed by atoms with Crippen molar-refractivity contribution in [3.8, 4) is 0 Å². The first kappa shape index (κ1) is 10.7.